The fourth-order valence-corrected chi connectivity index (χ4v) is 3.44. The Hall–Kier alpha value is -1.40. The number of halogens is 1. The van der Waals surface area contributed by atoms with Gasteiger partial charge in [0.25, 0.3) is 0 Å². The molecule has 0 atom stereocenters. The number of anilines is 1. The number of pyridine rings is 1. The SMILES string of the molecule is BC(B)(CSC)C(=O)N(CC)c1cn(-c2cccnc2)nc1Cl. The molecule has 0 unspecified atom stereocenters. The average Bonchev–Trinajstić information content (AvgIpc) is 2.91. The van der Waals surface area contributed by atoms with Crippen molar-refractivity contribution in [2.75, 3.05) is 23.5 Å². The van der Waals surface area contributed by atoms with E-state index in [1.165, 1.54) is 0 Å². The second-order valence-corrected chi connectivity index (χ2v) is 7.05. The van der Waals surface area contributed by atoms with Crippen molar-refractivity contribution in [3.8, 4) is 5.69 Å². The molecule has 1 amide bonds. The molecule has 2 aromatic heterocycles. The third kappa shape index (κ3) is 3.93. The summed E-state index contributed by atoms with van der Waals surface area (Å²) in [5.74, 6) is 0.790. The maximum Gasteiger partial charge on any atom is 0.218 e. The highest BCUT2D eigenvalue weighted by molar-refractivity contribution is 7.98. The van der Waals surface area contributed by atoms with Crippen LogP contribution in [0.25, 0.3) is 5.69 Å². The molecule has 0 N–H and O–H groups in total. The number of carbonyl (C=O) groups is 1. The van der Waals surface area contributed by atoms with Crippen LogP contribution in [0.3, 0.4) is 0 Å². The van der Waals surface area contributed by atoms with Gasteiger partial charge in [0, 0.05) is 18.0 Å². The third-order valence-corrected chi connectivity index (χ3v) is 4.78. The van der Waals surface area contributed by atoms with E-state index in [1.807, 2.05) is 41.0 Å². The molecule has 0 saturated heterocycles. The standard InChI is InChI=1S/C14H19B2ClN4OS/c1-3-20(13(22)14(15,16)9-23-2)11-8-21(19-12(11)17)10-5-4-6-18-7-10/h4-8H,3,9,15-16H2,1-2H3. The summed E-state index contributed by atoms with van der Waals surface area (Å²) >= 11 is 7.94. The quantitative estimate of drug-likeness (QED) is 0.732. The Morgan fingerprint density at radius 1 is 1.52 bits per heavy atom. The number of carbonyl (C=O) groups excluding carboxylic acids is 1. The predicted octanol–water partition coefficient (Wildman–Crippen LogP) is 1.02. The molecule has 120 valence electrons. The van der Waals surface area contributed by atoms with E-state index in [9.17, 15) is 4.79 Å². The summed E-state index contributed by atoms with van der Waals surface area (Å²) < 4.78 is 1.64. The number of amides is 1. The molecule has 0 aliphatic heterocycles. The maximum absolute atomic E-state index is 12.9. The summed E-state index contributed by atoms with van der Waals surface area (Å²) in [6, 6.07) is 3.71. The fourth-order valence-electron chi connectivity index (χ4n) is 2.36. The van der Waals surface area contributed by atoms with E-state index >= 15 is 0 Å². The maximum atomic E-state index is 12.9. The summed E-state index contributed by atoms with van der Waals surface area (Å²) in [6.45, 7) is 2.47. The van der Waals surface area contributed by atoms with Gasteiger partial charge in [-0.1, -0.05) is 11.6 Å². The molecule has 0 radical (unpaired) electrons. The fraction of sp³-hybridized carbons (Fsp3) is 0.357. The number of aromatic nitrogens is 3. The van der Waals surface area contributed by atoms with Gasteiger partial charge in [-0.3, -0.25) is 9.78 Å². The van der Waals surface area contributed by atoms with Crippen LogP contribution >= 0.6 is 23.4 Å². The average molecular weight is 348 g/mol. The lowest BCUT2D eigenvalue weighted by Gasteiger charge is -2.30. The smallest absolute Gasteiger partial charge is 0.218 e. The van der Waals surface area contributed by atoms with Crippen molar-refractivity contribution in [3.05, 3.63) is 35.9 Å². The van der Waals surface area contributed by atoms with Crippen LogP contribution in [0.5, 0.6) is 0 Å². The van der Waals surface area contributed by atoms with Crippen LogP contribution in [-0.4, -0.2) is 54.9 Å². The minimum Gasteiger partial charge on any atom is -0.309 e. The van der Waals surface area contributed by atoms with Crippen molar-refractivity contribution in [2.24, 2.45) is 0 Å². The summed E-state index contributed by atoms with van der Waals surface area (Å²) in [5, 5.41) is 4.15. The van der Waals surface area contributed by atoms with E-state index < -0.39 is 5.21 Å². The molecule has 0 aliphatic carbocycles. The monoisotopic (exact) mass is 348 g/mol. The van der Waals surface area contributed by atoms with Crippen LogP contribution < -0.4 is 4.90 Å². The molecule has 0 fully saturated rings. The Kier molecular flexibility index (Phi) is 5.81. The predicted molar refractivity (Wildman–Crippen MR) is 103 cm³/mol. The first kappa shape index (κ1) is 17.9. The van der Waals surface area contributed by atoms with Crippen LogP contribution in [0.1, 0.15) is 6.92 Å². The zero-order valence-corrected chi connectivity index (χ0v) is 15.4. The van der Waals surface area contributed by atoms with Crippen molar-refractivity contribution in [1.82, 2.24) is 14.8 Å². The van der Waals surface area contributed by atoms with E-state index in [2.05, 4.69) is 10.1 Å². The van der Waals surface area contributed by atoms with E-state index in [4.69, 9.17) is 11.6 Å². The molecule has 5 nitrogen and oxygen atoms in total. The van der Waals surface area contributed by atoms with Gasteiger partial charge in [-0.15, -0.1) is 0 Å². The van der Waals surface area contributed by atoms with Gasteiger partial charge >= 0.3 is 0 Å². The highest BCUT2D eigenvalue weighted by atomic mass is 35.5. The minimum absolute atomic E-state index is 0.0435. The third-order valence-electron chi connectivity index (χ3n) is 3.50. The number of thioether (sulfide) groups is 1. The van der Waals surface area contributed by atoms with E-state index in [-0.39, 0.29) is 5.91 Å². The van der Waals surface area contributed by atoms with Gasteiger partial charge in [0.1, 0.15) is 21.4 Å². The van der Waals surface area contributed by atoms with E-state index in [1.54, 1.807) is 39.9 Å². The van der Waals surface area contributed by atoms with Gasteiger partial charge < -0.3 is 4.90 Å². The Morgan fingerprint density at radius 3 is 2.83 bits per heavy atom. The molecule has 2 aromatic rings. The topological polar surface area (TPSA) is 51.0 Å². The van der Waals surface area contributed by atoms with Crippen molar-refractivity contribution in [1.29, 1.82) is 0 Å². The molecule has 2 rings (SSSR count). The summed E-state index contributed by atoms with van der Waals surface area (Å²) in [6.07, 6.45) is 7.17. The lowest BCUT2D eigenvalue weighted by molar-refractivity contribution is -0.119. The number of hydrogen-bond acceptors (Lipinski definition) is 4. The van der Waals surface area contributed by atoms with Gasteiger partial charge in [0.15, 0.2) is 5.15 Å². The Morgan fingerprint density at radius 2 is 2.26 bits per heavy atom. The summed E-state index contributed by atoms with van der Waals surface area (Å²) in [7, 11) is 3.90. The van der Waals surface area contributed by atoms with Gasteiger partial charge in [-0.05, 0) is 31.1 Å². The largest absolute Gasteiger partial charge is 0.309 e. The molecular formula is C14H19B2ClN4OS. The molecule has 0 aromatic carbocycles. The van der Waals surface area contributed by atoms with Gasteiger partial charge in [-0.25, -0.2) is 4.68 Å². The molecule has 0 aliphatic rings. The van der Waals surface area contributed by atoms with Crippen LogP contribution in [0.4, 0.5) is 5.69 Å². The van der Waals surface area contributed by atoms with Crippen molar-refractivity contribution in [3.63, 3.8) is 0 Å². The van der Waals surface area contributed by atoms with Crippen molar-refractivity contribution < 1.29 is 4.79 Å². The minimum atomic E-state index is -0.463. The van der Waals surface area contributed by atoms with Gasteiger partial charge in [0.2, 0.25) is 5.91 Å². The molecule has 0 bridgehead atoms. The van der Waals surface area contributed by atoms with Crippen molar-refractivity contribution >= 4 is 50.6 Å². The molecule has 23 heavy (non-hydrogen) atoms. The summed E-state index contributed by atoms with van der Waals surface area (Å²) in [4.78, 5) is 18.7. The van der Waals surface area contributed by atoms with E-state index in [0.29, 0.717) is 17.4 Å². The van der Waals surface area contributed by atoms with E-state index in [0.717, 1.165) is 11.4 Å². The molecule has 0 spiro atoms. The number of nitrogens with zero attached hydrogens (tertiary/aromatic N) is 4. The van der Waals surface area contributed by atoms with Gasteiger partial charge in [0.05, 0.1) is 18.1 Å². The zero-order chi connectivity index (χ0) is 17.0. The van der Waals surface area contributed by atoms with Gasteiger partial charge in [-0.2, -0.15) is 16.9 Å². The second kappa shape index (κ2) is 7.45. The lowest BCUT2D eigenvalue weighted by atomic mass is 9.55. The van der Waals surface area contributed by atoms with Crippen LogP contribution in [-0.2, 0) is 4.79 Å². The number of hydrogen-bond donors (Lipinski definition) is 0. The Balaban J connectivity index is 2.36. The molecule has 0 saturated carbocycles. The molecular weight excluding hydrogens is 329 g/mol. The number of rotatable bonds is 6. The Labute approximate surface area is 147 Å². The normalized spacial score (nSPS) is 11.4. The first-order chi connectivity index (χ1) is 10.9. The first-order valence-electron chi connectivity index (χ1n) is 7.37. The summed E-state index contributed by atoms with van der Waals surface area (Å²) in [5.41, 5.74) is 1.42. The Bertz CT molecular complexity index is 681. The van der Waals surface area contributed by atoms with Crippen LogP contribution in [0, 0.1) is 0 Å². The first-order valence-corrected chi connectivity index (χ1v) is 9.14. The second-order valence-electron chi connectivity index (χ2n) is 5.83. The molecule has 2 heterocycles. The lowest BCUT2D eigenvalue weighted by Crippen LogP contribution is -2.42. The van der Waals surface area contributed by atoms with Crippen LogP contribution in [0.2, 0.25) is 10.4 Å². The zero-order valence-electron chi connectivity index (χ0n) is 13.8. The highest BCUT2D eigenvalue weighted by Crippen LogP contribution is 2.31. The molecule has 9 heteroatoms. The van der Waals surface area contributed by atoms with Crippen LogP contribution in [0.15, 0.2) is 30.7 Å². The van der Waals surface area contributed by atoms with Crippen molar-refractivity contribution in [2.45, 2.75) is 12.1 Å². The highest BCUT2D eigenvalue weighted by Gasteiger charge is 2.33.